The number of thiazole rings is 1. The normalized spacial score (nSPS) is 10.8. The number of anilines is 1. The van der Waals surface area contributed by atoms with Gasteiger partial charge >= 0.3 is 0 Å². The maximum absolute atomic E-state index is 13.4. The Morgan fingerprint density at radius 2 is 1.86 bits per heavy atom. The summed E-state index contributed by atoms with van der Waals surface area (Å²) < 4.78 is 6.32. The summed E-state index contributed by atoms with van der Waals surface area (Å²) in [4.78, 5) is 19.9. The molecule has 1 aromatic heterocycles. The number of hydrogen-bond donors (Lipinski definition) is 0. The van der Waals surface area contributed by atoms with Crippen molar-refractivity contribution in [2.24, 2.45) is 0 Å². The van der Waals surface area contributed by atoms with Gasteiger partial charge in [0.2, 0.25) is 0 Å². The number of benzene rings is 3. The lowest BCUT2D eigenvalue weighted by Gasteiger charge is -2.20. The van der Waals surface area contributed by atoms with Crippen molar-refractivity contribution < 1.29 is 9.53 Å². The molecule has 5 heteroatoms. The van der Waals surface area contributed by atoms with Crippen LogP contribution in [0.4, 0.5) is 5.13 Å². The molecule has 4 nitrogen and oxygen atoms in total. The van der Waals surface area contributed by atoms with Gasteiger partial charge in [0.05, 0.1) is 23.9 Å². The molecule has 4 aromatic rings. The van der Waals surface area contributed by atoms with Crippen molar-refractivity contribution >= 4 is 32.6 Å². The third-order valence-corrected chi connectivity index (χ3v) is 5.57. The first-order chi connectivity index (χ1) is 13.6. The number of rotatable bonds is 5. The fraction of sp³-hybridized carbons (Fsp3) is 0.130. The zero-order chi connectivity index (χ0) is 19.5. The number of ether oxygens (including phenoxy) is 1. The van der Waals surface area contributed by atoms with Crippen molar-refractivity contribution in [1.29, 1.82) is 0 Å². The van der Waals surface area contributed by atoms with E-state index in [9.17, 15) is 4.79 Å². The lowest BCUT2D eigenvalue weighted by atomic mass is 10.1. The second-order valence-corrected chi connectivity index (χ2v) is 7.59. The van der Waals surface area contributed by atoms with E-state index in [0.29, 0.717) is 17.2 Å². The lowest BCUT2D eigenvalue weighted by Crippen LogP contribution is -2.30. The van der Waals surface area contributed by atoms with Crippen LogP contribution in [0.25, 0.3) is 10.2 Å². The summed E-state index contributed by atoms with van der Waals surface area (Å²) in [6.07, 6.45) is 0. The molecule has 0 aliphatic carbocycles. The molecule has 0 radical (unpaired) electrons. The molecular formula is C23H20N2O2S. The summed E-state index contributed by atoms with van der Waals surface area (Å²) in [6, 6.07) is 23.4. The molecule has 140 valence electrons. The summed E-state index contributed by atoms with van der Waals surface area (Å²) in [7, 11) is 1.64. The van der Waals surface area contributed by atoms with Gasteiger partial charge in [-0.25, -0.2) is 4.98 Å². The van der Waals surface area contributed by atoms with Crippen LogP contribution in [0.15, 0.2) is 72.8 Å². The molecule has 0 aliphatic heterocycles. The largest absolute Gasteiger partial charge is 0.497 e. The highest BCUT2D eigenvalue weighted by molar-refractivity contribution is 7.22. The smallest absolute Gasteiger partial charge is 0.260 e. The van der Waals surface area contributed by atoms with E-state index in [2.05, 4.69) is 0 Å². The van der Waals surface area contributed by atoms with Crippen molar-refractivity contribution in [2.45, 2.75) is 13.5 Å². The van der Waals surface area contributed by atoms with Gasteiger partial charge < -0.3 is 4.74 Å². The van der Waals surface area contributed by atoms with Crippen molar-refractivity contribution in [2.75, 3.05) is 12.0 Å². The maximum atomic E-state index is 13.4. The number of methoxy groups -OCH3 is 1. The van der Waals surface area contributed by atoms with E-state index in [-0.39, 0.29) is 5.91 Å². The number of fused-ring (bicyclic) bond motifs is 1. The molecule has 0 saturated carbocycles. The van der Waals surface area contributed by atoms with Gasteiger partial charge in [-0.2, -0.15) is 0 Å². The fourth-order valence-electron chi connectivity index (χ4n) is 3.06. The van der Waals surface area contributed by atoms with Gasteiger partial charge in [0.15, 0.2) is 5.13 Å². The SMILES string of the molecule is COc1ccc2sc(N(Cc3ccccc3)C(=O)c3cccc(C)c3)nc2c1. The highest BCUT2D eigenvalue weighted by Crippen LogP contribution is 2.32. The van der Waals surface area contributed by atoms with Crippen LogP contribution in [0.3, 0.4) is 0 Å². The Balaban J connectivity index is 1.77. The molecule has 0 fully saturated rings. The minimum Gasteiger partial charge on any atom is -0.497 e. The predicted molar refractivity (Wildman–Crippen MR) is 114 cm³/mol. The Morgan fingerprint density at radius 3 is 2.61 bits per heavy atom. The summed E-state index contributed by atoms with van der Waals surface area (Å²) in [5.74, 6) is 0.697. The maximum Gasteiger partial charge on any atom is 0.260 e. The predicted octanol–water partition coefficient (Wildman–Crippen LogP) is 5.46. The monoisotopic (exact) mass is 388 g/mol. The highest BCUT2D eigenvalue weighted by atomic mass is 32.1. The zero-order valence-electron chi connectivity index (χ0n) is 15.8. The zero-order valence-corrected chi connectivity index (χ0v) is 16.6. The number of carbonyl (C=O) groups is 1. The fourth-order valence-corrected chi connectivity index (χ4v) is 4.01. The molecule has 0 atom stereocenters. The first-order valence-electron chi connectivity index (χ1n) is 9.01. The number of aryl methyl sites for hydroxylation is 1. The summed E-state index contributed by atoms with van der Waals surface area (Å²) in [5, 5.41) is 0.679. The standard InChI is InChI=1S/C23H20N2O2S/c1-16-7-6-10-18(13-16)22(26)25(15-17-8-4-3-5-9-17)23-24-20-14-19(27-2)11-12-21(20)28-23/h3-14H,15H2,1-2H3. The molecule has 4 rings (SSSR count). The van der Waals surface area contributed by atoms with Gasteiger partial charge in [-0.3, -0.25) is 9.69 Å². The van der Waals surface area contributed by atoms with E-state index in [1.54, 1.807) is 12.0 Å². The second-order valence-electron chi connectivity index (χ2n) is 6.58. The van der Waals surface area contributed by atoms with E-state index in [0.717, 1.165) is 27.1 Å². The minimum atomic E-state index is -0.0569. The molecule has 0 saturated heterocycles. The van der Waals surface area contributed by atoms with Gasteiger partial charge in [-0.15, -0.1) is 0 Å². The van der Waals surface area contributed by atoms with E-state index in [1.807, 2.05) is 79.7 Å². The number of nitrogens with zero attached hydrogens (tertiary/aromatic N) is 2. The Bertz CT molecular complexity index is 1120. The average molecular weight is 388 g/mol. The molecule has 1 heterocycles. The molecule has 0 N–H and O–H groups in total. The van der Waals surface area contributed by atoms with Crippen LogP contribution in [0, 0.1) is 6.92 Å². The van der Waals surface area contributed by atoms with Crippen molar-refractivity contribution in [3.8, 4) is 5.75 Å². The van der Waals surface area contributed by atoms with E-state index >= 15 is 0 Å². The second kappa shape index (κ2) is 7.82. The Hall–Kier alpha value is -3.18. The Labute approximate surface area is 168 Å². The molecule has 0 bridgehead atoms. The van der Waals surface area contributed by atoms with Gasteiger partial charge in [0.25, 0.3) is 5.91 Å². The van der Waals surface area contributed by atoms with Crippen molar-refractivity contribution in [1.82, 2.24) is 4.98 Å². The van der Waals surface area contributed by atoms with Gasteiger partial charge in [0.1, 0.15) is 5.75 Å². The van der Waals surface area contributed by atoms with Crippen LogP contribution in [-0.2, 0) is 6.54 Å². The van der Waals surface area contributed by atoms with Crippen LogP contribution < -0.4 is 9.64 Å². The molecular weight excluding hydrogens is 368 g/mol. The molecule has 3 aromatic carbocycles. The third-order valence-electron chi connectivity index (χ3n) is 4.51. The molecule has 28 heavy (non-hydrogen) atoms. The Kier molecular flexibility index (Phi) is 5.08. The summed E-state index contributed by atoms with van der Waals surface area (Å²) in [6.45, 7) is 2.45. The van der Waals surface area contributed by atoms with E-state index in [1.165, 1.54) is 11.3 Å². The molecule has 0 aliphatic rings. The van der Waals surface area contributed by atoms with Crippen molar-refractivity contribution in [3.05, 3.63) is 89.5 Å². The van der Waals surface area contributed by atoms with Crippen molar-refractivity contribution in [3.63, 3.8) is 0 Å². The highest BCUT2D eigenvalue weighted by Gasteiger charge is 2.22. The summed E-state index contributed by atoms with van der Waals surface area (Å²) >= 11 is 1.51. The Morgan fingerprint density at radius 1 is 1.04 bits per heavy atom. The molecule has 0 spiro atoms. The number of carbonyl (C=O) groups excluding carboxylic acids is 1. The van der Waals surface area contributed by atoms with Crippen LogP contribution in [0.1, 0.15) is 21.5 Å². The average Bonchev–Trinajstić information content (AvgIpc) is 3.15. The minimum absolute atomic E-state index is 0.0569. The van der Waals surface area contributed by atoms with Gasteiger partial charge in [-0.1, -0.05) is 59.4 Å². The molecule has 1 amide bonds. The number of amides is 1. The molecule has 0 unspecified atom stereocenters. The number of aromatic nitrogens is 1. The summed E-state index contributed by atoms with van der Waals surface area (Å²) in [5.41, 5.74) is 3.60. The van der Waals surface area contributed by atoms with E-state index < -0.39 is 0 Å². The third kappa shape index (κ3) is 3.75. The first kappa shape index (κ1) is 18.2. The quantitative estimate of drug-likeness (QED) is 0.456. The topological polar surface area (TPSA) is 42.4 Å². The number of hydrogen-bond acceptors (Lipinski definition) is 4. The van der Waals surface area contributed by atoms with Crippen LogP contribution in [0.5, 0.6) is 5.75 Å². The van der Waals surface area contributed by atoms with E-state index in [4.69, 9.17) is 9.72 Å². The van der Waals surface area contributed by atoms with Gasteiger partial charge in [-0.05, 0) is 36.8 Å². The van der Waals surface area contributed by atoms with Gasteiger partial charge in [0, 0.05) is 11.6 Å². The van der Waals surface area contributed by atoms with Crippen LogP contribution in [0.2, 0.25) is 0 Å². The van der Waals surface area contributed by atoms with Crippen LogP contribution >= 0.6 is 11.3 Å². The first-order valence-corrected chi connectivity index (χ1v) is 9.83. The lowest BCUT2D eigenvalue weighted by molar-refractivity contribution is 0.0985. The van der Waals surface area contributed by atoms with Crippen LogP contribution in [-0.4, -0.2) is 18.0 Å².